The van der Waals surface area contributed by atoms with Crippen LogP contribution in [0.2, 0.25) is 0 Å². The van der Waals surface area contributed by atoms with Crippen LogP contribution < -0.4 is 16.0 Å². The zero-order valence-corrected chi connectivity index (χ0v) is 26.3. The quantitative estimate of drug-likeness (QED) is 0.213. The Morgan fingerprint density at radius 1 is 1.19 bits per heavy atom. The van der Waals surface area contributed by atoms with E-state index in [9.17, 15) is 18.8 Å². The number of nitrogens with one attached hydrogen (secondary N) is 3. The lowest BCUT2D eigenvalue weighted by Gasteiger charge is -2.24. The van der Waals surface area contributed by atoms with Gasteiger partial charge < -0.3 is 9.88 Å². The van der Waals surface area contributed by atoms with Gasteiger partial charge in [-0.25, -0.2) is 18.7 Å². The van der Waals surface area contributed by atoms with Crippen LogP contribution in [0.5, 0.6) is 0 Å². The number of imide groups is 1. The molecule has 15 heteroatoms. The maximum atomic E-state index is 15.9. The molecule has 5 atom stereocenters. The fourth-order valence-corrected chi connectivity index (χ4v) is 6.98. The summed E-state index contributed by atoms with van der Waals surface area (Å²) in [5.74, 6) is -1.43. The van der Waals surface area contributed by atoms with Crippen LogP contribution in [0.25, 0.3) is 6.08 Å². The predicted molar refractivity (Wildman–Crippen MR) is 170 cm³/mol. The van der Waals surface area contributed by atoms with Gasteiger partial charge in [-0.1, -0.05) is 12.5 Å². The number of hydrogen-bond acceptors (Lipinski definition) is 9. The Balaban J connectivity index is 1.05. The van der Waals surface area contributed by atoms with Gasteiger partial charge >= 0.3 is 0 Å². The molecule has 3 amide bonds. The molecular formula is C32H33F2N9O3S. The predicted octanol–water partition coefficient (Wildman–Crippen LogP) is 4.34. The monoisotopic (exact) mass is 661 g/mol. The first-order valence-electron chi connectivity index (χ1n) is 15.6. The summed E-state index contributed by atoms with van der Waals surface area (Å²) >= 11 is 1.27. The average molecular weight is 662 g/mol. The fourth-order valence-electron chi connectivity index (χ4n) is 6.45. The van der Waals surface area contributed by atoms with Gasteiger partial charge in [0.25, 0.3) is 5.91 Å². The molecular weight excluding hydrogens is 628 g/mol. The van der Waals surface area contributed by atoms with E-state index >= 15 is 4.39 Å². The number of halogens is 2. The fraction of sp³-hybridized carbons (Fsp3) is 0.406. The highest BCUT2D eigenvalue weighted by atomic mass is 32.1. The number of aromatic nitrogens is 6. The van der Waals surface area contributed by atoms with Gasteiger partial charge in [-0.15, -0.1) is 11.3 Å². The number of alkyl halides is 2. The lowest BCUT2D eigenvalue weighted by atomic mass is 9.83. The number of rotatable bonds is 10. The highest BCUT2D eigenvalue weighted by molar-refractivity contribution is 7.13. The van der Waals surface area contributed by atoms with Crippen LogP contribution in [0, 0.1) is 5.92 Å². The summed E-state index contributed by atoms with van der Waals surface area (Å²) in [5, 5.41) is 15.1. The second kappa shape index (κ2) is 12.8. The Bertz CT molecular complexity index is 1840. The van der Waals surface area contributed by atoms with Crippen LogP contribution in [0.3, 0.4) is 0 Å². The van der Waals surface area contributed by atoms with Crippen molar-refractivity contribution >= 4 is 46.0 Å². The number of piperidine rings is 1. The first kappa shape index (κ1) is 30.8. The zero-order chi connectivity index (χ0) is 32.7. The summed E-state index contributed by atoms with van der Waals surface area (Å²) in [7, 11) is 0. The zero-order valence-electron chi connectivity index (χ0n) is 25.5. The number of anilines is 2. The largest absolute Gasteiger partial charge is 0.372 e. The van der Waals surface area contributed by atoms with Gasteiger partial charge in [-0.05, 0) is 43.9 Å². The lowest BCUT2D eigenvalue weighted by molar-refractivity contribution is -0.133. The molecule has 4 aromatic heterocycles. The molecule has 1 fully saturated rings. The van der Waals surface area contributed by atoms with Crippen LogP contribution in [0.4, 0.5) is 19.6 Å². The minimum absolute atomic E-state index is 0.137. The van der Waals surface area contributed by atoms with E-state index in [0.29, 0.717) is 59.1 Å². The van der Waals surface area contributed by atoms with E-state index in [0.717, 1.165) is 17.7 Å². The number of allylic oxidation sites excluding steroid dienone is 1. The Labute approximate surface area is 272 Å². The third-order valence-corrected chi connectivity index (χ3v) is 9.65. The van der Waals surface area contributed by atoms with Crippen molar-refractivity contribution < 1.29 is 23.2 Å². The van der Waals surface area contributed by atoms with E-state index < -0.39 is 30.3 Å². The number of carbonyl (C=O) groups is 3. The average Bonchev–Trinajstić information content (AvgIpc) is 3.85. The van der Waals surface area contributed by atoms with E-state index in [1.54, 1.807) is 28.5 Å². The van der Waals surface area contributed by atoms with Crippen LogP contribution in [0.1, 0.15) is 73.2 Å². The van der Waals surface area contributed by atoms with Crippen LogP contribution >= 0.6 is 11.3 Å². The number of amides is 3. The van der Waals surface area contributed by atoms with Crippen molar-refractivity contribution in [3.8, 4) is 0 Å². The normalized spacial score (nSPS) is 22.7. The van der Waals surface area contributed by atoms with Crippen molar-refractivity contribution in [3.63, 3.8) is 0 Å². The summed E-state index contributed by atoms with van der Waals surface area (Å²) in [6.45, 7) is 2.02. The summed E-state index contributed by atoms with van der Waals surface area (Å²) in [5.41, 5.74) is 4.34. The summed E-state index contributed by atoms with van der Waals surface area (Å²) in [4.78, 5) is 50.2. The molecule has 3 aliphatic rings. The Morgan fingerprint density at radius 2 is 2.06 bits per heavy atom. The molecule has 0 saturated carbocycles. The molecule has 5 unspecified atom stereocenters. The van der Waals surface area contributed by atoms with E-state index in [1.807, 2.05) is 25.1 Å². The number of imidazole rings is 1. The second-order valence-corrected chi connectivity index (χ2v) is 13.1. The van der Waals surface area contributed by atoms with Gasteiger partial charge in [0.15, 0.2) is 11.2 Å². The number of nitrogens with zero attached hydrogens (tertiary/aromatic N) is 6. The highest BCUT2D eigenvalue weighted by Crippen LogP contribution is 2.41. The topological polar surface area (TPSA) is 149 Å². The van der Waals surface area contributed by atoms with Gasteiger partial charge in [0.05, 0.1) is 36.1 Å². The molecule has 6 heterocycles. The molecule has 12 nitrogen and oxygen atoms in total. The summed E-state index contributed by atoms with van der Waals surface area (Å²) in [6, 6.07) is 2.23. The van der Waals surface area contributed by atoms with Crippen LogP contribution in [0.15, 0.2) is 48.0 Å². The molecule has 4 aromatic rings. The number of hydrogen-bond donors (Lipinski definition) is 3. The molecule has 47 heavy (non-hydrogen) atoms. The van der Waals surface area contributed by atoms with Crippen LogP contribution in [-0.4, -0.2) is 59.2 Å². The highest BCUT2D eigenvalue weighted by Gasteiger charge is 2.37. The SMILES string of the molecule is CC1C(CCCc2ccc(NC3CCC(=O)NC3=O)cn2)=Cc2nn(C(C(=O)Nc3nccs3)c3ncn4c3CC(F)C4)cc2C1F. The first-order valence-corrected chi connectivity index (χ1v) is 16.5. The summed E-state index contributed by atoms with van der Waals surface area (Å²) < 4.78 is 33.4. The van der Waals surface area contributed by atoms with Crippen molar-refractivity contribution in [2.75, 3.05) is 10.6 Å². The number of carbonyl (C=O) groups excluding carboxylic acids is 3. The van der Waals surface area contributed by atoms with E-state index in [4.69, 9.17) is 0 Å². The summed E-state index contributed by atoms with van der Waals surface area (Å²) in [6.07, 6.45) is 8.76. The van der Waals surface area contributed by atoms with E-state index in [2.05, 4.69) is 36.0 Å². The van der Waals surface area contributed by atoms with Gasteiger partial charge in [0.1, 0.15) is 18.4 Å². The smallest absolute Gasteiger partial charge is 0.257 e. The third-order valence-electron chi connectivity index (χ3n) is 8.96. The minimum Gasteiger partial charge on any atom is -0.372 e. The van der Waals surface area contributed by atoms with Gasteiger partial charge in [0.2, 0.25) is 11.8 Å². The standard InChI is InChI=1S/C32H33F2N9O3S/c1-17-18(3-2-4-20-5-6-21(13-36-20)38-23-7-8-26(44)39-30(23)45)11-24-22(27(17)34)15-43(41-24)29(31(46)40-32-35-9-10-47-32)28-25-12-19(33)14-42(25)16-37-28/h5-6,9-11,13,15-17,19,23,27,29,38H,2-4,7-8,12,14H2,1H3,(H,35,40,46)(H,39,44,45). The Morgan fingerprint density at radius 3 is 2.83 bits per heavy atom. The van der Waals surface area contributed by atoms with Gasteiger partial charge in [-0.2, -0.15) is 5.10 Å². The van der Waals surface area contributed by atoms with E-state index in [1.165, 1.54) is 22.3 Å². The number of pyridine rings is 1. The Kier molecular flexibility index (Phi) is 8.39. The van der Waals surface area contributed by atoms with Crippen molar-refractivity contribution in [3.05, 3.63) is 76.3 Å². The third kappa shape index (κ3) is 6.31. The molecule has 2 aliphatic heterocycles. The molecule has 0 bridgehead atoms. The van der Waals surface area contributed by atoms with Crippen molar-refractivity contribution in [2.24, 2.45) is 5.92 Å². The molecule has 0 spiro atoms. The second-order valence-electron chi connectivity index (χ2n) is 12.2. The number of fused-ring (bicyclic) bond motifs is 2. The number of thiazole rings is 1. The molecule has 1 aliphatic carbocycles. The van der Waals surface area contributed by atoms with Crippen molar-refractivity contribution in [1.82, 2.24) is 34.6 Å². The maximum Gasteiger partial charge on any atom is 0.257 e. The molecule has 0 radical (unpaired) electrons. The van der Waals surface area contributed by atoms with Gasteiger partial charge in [-0.3, -0.25) is 34.7 Å². The molecule has 7 rings (SSSR count). The van der Waals surface area contributed by atoms with Crippen LogP contribution in [-0.2, 0) is 33.8 Å². The molecule has 3 N–H and O–H groups in total. The lowest BCUT2D eigenvalue weighted by Crippen LogP contribution is -2.47. The van der Waals surface area contributed by atoms with E-state index in [-0.39, 0.29) is 30.7 Å². The molecule has 244 valence electrons. The van der Waals surface area contributed by atoms with Gasteiger partial charge in [0, 0.05) is 53.5 Å². The number of aryl methyl sites for hydroxylation is 1. The first-order chi connectivity index (χ1) is 22.7. The minimum atomic E-state index is -1.32. The molecule has 0 aromatic carbocycles. The van der Waals surface area contributed by atoms with Crippen molar-refractivity contribution in [2.45, 2.75) is 76.4 Å². The molecule has 1 saturated heterocycles. The van der Waals surface area contributed by atoms with Crippen molar-refractivity contribution in [1.29, 1.82) is 0 Å². The Hall–Kier alpha value is -4.79. The maximum absolute atomic E-state index is 15.9.